The Kier molecular flexibility index (Phi) is 7.38. The van der Waals surface area contributed by atoms with Gasteiger partial charge in [-0.1, -0.05) is 83.9 Å². The van der Waals surface area contributed by atoms with Crippen LogP contribution < -0.4 is 5.32 Å². The Morgan fingerprint density at radius 3 is 2.41 bits per heavy atom. The average molecular weight is 511 g/mol. The van der Waals surface area contributed by atoms with Gasteiger partial charge in [0.25, 0.3) is 0 Å². The monoisotopic (exact) mass is 510 g/mol. The predicted molar refractivity (Wildman–Crippen MR) is 148 cm³/mol. The van der Waals surface area contributed by atoms with Gasteiger partial charge >= 0.3 is 0 Å². The molecule has 0 aliphatic rings. The van der Waals surface area contributed by atoms with Crippen LogP contribution in [0.15, 0.2) is 103 Å². The lowest BCUT2D eigenvalue weighted by molar-refractivity contribution is -0.121. The summed E-state index contributed by atoms with van der Waals surface area (Å²) in [6, 6.07) is 30.8. The lowest BCUT2D eigenvalue weighted by atomic mass is 9.88. The molecule has 1 unspecified atom stereocenters. The summed E-state index contributed by atoms with van der Waals surface area (Å²) >= 11 is 6.37. The van der Waals surface area contributed by atoms with Crippen molar-refractivity contribution in [3.8, 4) is 0 Å². The second kappa shape index (κ2) is 11.0. The van der Waals surface area contributed by atoms with Crippen LogP contribution in [0.2, 0.25) is 5.02 Å². The van der Waals surface area contributed by atoms with Crippen molar-refractivity contribution < 1.29 is 9.18 Å². The van der Waals surface area contributed by atoms with Crippen molar-refractivity contribution in [1.82, 2.24) is 9.88 Å². The summed E-state index contributed by atoms with van der Waals surface area (Å²) in [4.78, 5) is 13.2. The molecule has 1 aromatic heterocycles. The summed E-state index contributed by atoms with van der Waals surface area (Å²) < 4.78 is 15.5. The molecule has 3 nitrogen and oxygen atoms in total. The Balaban J connectivity index is 1.48. The largest absolute Gasteiger partial charge is 0.352 e. The third kappa shape index (κ3) is 5.92. The van der Waals surface area contributed by atoms with Gasteiger partial charge < -0.3 is 9.88 Å². The van der Waals surface area contributed by atoms with Gasteiger partial charge in [-0.3, -0.25) is 4.79 Å². The zero-order valence-corrected chi connectivity index (χ0v) is 21.4. The SMILES string of the molecule is Cc1ccc(Cn2cc(C(CC(=O)NCc3ccc(F)cc3)c3cccc(Cl)c3)c3ccccc32)cc1. The predicted octanol–water partition coefficient (Wildman–Crippen LogP) is 7.63. The van der Waals surface area contributed by atoms with Crippen LogP contribution in [-0.4, -0.2) is 10.5 Å². The maximum absolute atomic E-state index is 13.3. The van der Waals surface area contributed by atoms with Crippen LogP contribution in [0, 0.1) is 12.7 Å². The number of carbonyl (C=O) groups is 1. The van der Waals surface area contributed by atoms with Crippen molar-refractivity contribution in [1.29, 1.82) is 0 Å². The molecule has 5 aromatic rings. The van der Waals surface area contributed by atoms with Crippen LogP contribution >= 0.6 is 11.6 Å². The number of amides is 1. The van der Waals surface area contributed by atoms with E-state index < -0.39 is 0 Å². The van der Waals surface area contributed by atoms with Crippen LogP contribution in [0.3, 0.4) is 0 Å². The smallest absolute Gasteiger partial charge is 0.221 e. The molecular formula is C32H28ClFN2O. The van der Waals surface area contributed by atoms with Crippen molar-refractivity contribution in [3.63, 3.8) is 0 Å². The van der Waals surface area contributed by atoms with E-state index >= 15 is 0 Å². The molecule has 0 spiro atoms. The van der Waals surface area contributed by atoms with Crippen molar-refractivity contribution in [3.05, 3.63) is 142 Å². The molecule has 1 atom stereocenters. The van der Waals surface area contributed by atoms with Crippen LogP contribution in [0.5, 0.6) is 0 Å². The molecule has 186 valence electrons. The Morgan fingerprint density at radius 2 is 1.65 bits per heavy atom. The van der Waals surface area contributed by atoms with E-state index in [4.69, 9.17) is 11.6 Å². The van der Waals surface area contributed by atoms with Crippen molar-refractivity contribution >= 4 is 28.4 Å². The van der Waals surface area contributed by atoms with Gasteiger partial charge in [-0.25, -0.2) is 4.39 Å². The summed E-state index contributed by atoms with van der Waals surface area (Å²) in [5.41, 5.74) is 6.49. The van der Waals surface area contributed by atoms with Crippen LogP contribution in [0.1, 0.15) is 40.2 Å². The van der Waals surface area contributed by atoms with Gasteiger partial charge in [0.05, 0.1) is 0 Å². The molecule has 5 rings (SSSR count). The number of aryl methyl sites for hydroxylation is 1. The lowest BCUT2D eigenvalue weighted by Crippen LogP contribution is -2.25. The highest BCUT2D eigenvalue weighted by molar-refractivity contribution is 6.30. The molecule has 0 aliphatic carbocycles. The molecule has 0 aliphatic heterocycles. The highest BCUT2D eigenvalue weighted by Crippen LogP contribution is 2.36. The van der Waals surface area contributed by atoms with Crippen LogP contribution in [0.25, 0.3) is 10.9 Å². The third-order valence-electron chi connectivity index (χ3n) is 6.71. The minimum absolute atomic E-state index is 0.0790. The van der Waals surface area contributed by atoms with Crippen molar-refractivity contribution in [2.45, 2.75) is 32.4 Å². The number of halogens is 2. The quantitative estimate of drug-likeness (QED) is 0.229. The highest BCUT2D eigenvalue weighted by Gasteiger charge is 2.23. The van der Waals surface area contributed by atoms with Gasteiger partial charge in [-0.15, -0.1) is 0 Å². The zero-order chi connectivity index (χ0) is 25.8. The van der Waals surface area contributed by atoms with Gasteiger partial charge in [0, 0.05) is 47.6 Å². The fourth-order valence-electron chi connectivity index (χ4n) is 4.77. The minimum Gasteiger partial charge on any atom is -0.352 e. The third-order valence-corrected chi connectivity index (χ3v) is 6.95. The normalized spacial score (nSPS) is 12.0. The number of carbonyl (C=O) groups excluding carboxylic acids is 1. The lowest BCUT2D eigenvalue weighted by Gasteiger charge is -2.18. The maximum atomic E-state index is 13.3. The summed E-state index contributed by atoms with van der Waals surface area (Å²) in [5.74, 6) is -0.557. The summed E-state index contributed by atoms with van der Waals surface area (Å²) in [7, 11) is 0. The number of nitrogens with one attached hydrogen (secondary N) is 1. The fourth-order valence-corrected chi connectivity index (χ4v) is 4.96. The molecule has 0 fully saturated rings. The van der Waals surface area contributed by atoms with E-state index in [1.165, 1.54) is 23.3 Å². The van der Waals surface area contributed by atoms with Crippen molar-refractivity contribution in [2.75, 3.05) is 0 Å². The van der Waals surface area contributed by atoms with E-state index in [1.54, 1.807) is 12.1 Å². The first-order valence-electron chi connectivity index (χ1n) is 12.4. The Bertz CT molecular complexity index is 1520. The first-order valence-corrected chi connectivity index (χ1v) is 12.7. The van der Waals surface area contributed by atoms with E-state index in [9.17, 15) is 9.18 Å². The van der Waals surface area contributed by atoms with Crippen LogP contribution in [0.4, 0.5) is 4.39 Å². The van der Waals surface area contributed by atoms with Gasteiger partial charge in [0.15, 0.2) is 0 Å². The van der Waals surface area contributed by atoms with Gasteiger partial charge in [-0.2, -0.15) is 0 Å². The first-order chi connectivity index (χ1) is 18.0. The van der Waals surface area contributed by atoms with Gasteiger partial charge in [0.2, 0.25) is 5.91 Å². The Labute approximate surface area is 221 Å². The second-order valence-corrected chi connectivity index (χ2v) is 9.87. The second-order valence-electron chi connectivity index (χ2n) is 9.43. The average Bonchev–Trinajstić information content (AvgIpc) is 3.26. The number of fused-ring (bicyclic) bond motifs is 1. The summed E-state index contributed by atoms with van der Waals surface area (Å²) in [5, 5.41) is 4.76. The molecule has 0 bridgehead atoms. The number of nitrogens with zero attached hydrogens (tertiary/aromatic N) is 1. The molecule has 5 heteroatoms. The van der Waals surface area contributed by atoms with E-state index in [1.807, 2.05) is 36.4 Å². The number of hydrogen-bond acceptors (Lipinski definition) is 1. The number of benzene rings is 4. The van der Waals surface area contributed by atoms with Gasteiger partial charge in [0.1, 0.15) is 5.82 Å². The molecular weight excluding hydrogens is 483 g/mol. The number of hydrogen-bond donors (Lipinski definition) is 1. The fraction of sp³-hybridized carbons (Fsp3) is 0.156. The van der Waals surface area contributed by atoms with E-state index in [0.29, 0.717) is 11.6 Å². The Morgan fingerprint density at radius 1 is 0.919 bits per heavy atom. The van der Waals surface area contributed by atoms with E-state index in [0.717, 1.165) is 34.1 Å². The standard InChI is InChI=1S/C32H28ClFN2O/c1-22-9-11-24(12-10-22)20-36-21-30(28-7-2-3-8-31(28)36)29(25-5-4-6-26(33)17-25)18-32(37)35-19-23-13-15-27(34)16-14-23/h2-17,21,29H,18-20H2,1H3,(H,35,37). The van der Waals surface area contributed by atoms with Gasteiger partial charge in [-0.05, 0) is 59.5 Å². The number of aromatic nitrogens is 1. The van der Waals surface area contributed by atoms with Crippen LogP contribution in [-0.2, 0) is 17.9 Å². The number of rotatable bonds is 8. The number of para-hydroxylation sites is 1. The van der Waals surface area contributed by atoms with E-state index in [-0.39, 0.29) is 24.1 Å². The van der Waals surface area contributed by atoms with Crippen molar-refractivity contribution in [2.24, 2.45) is 0 Å². The molecule has 0 saturated carbocycles. The molecule has 0 saturated heterocycles. The summed E-state index contributed by atoms with van der Waals surface area (Å²) in [6.45, 7) is 3.17. The zero-order valence-electron chi connectivity index (χ0n) is 20.6. The molecule has 1 heterocycles. The molecule has 1 N–H and O–H groups in total. The highest BCUT2D eigenvalue weighted by atomic mass is 35.5. The Hall–Kier alpha value is -3.89. The molecule has 0 radical (unpaired) electrons. The molecule has 4 aromatic carbocycles. The first kappa shape index (κ1) is 24.8. The molecule has 37 heavy (non-hydrogen) atoms. The van der Waals surface area contributed by atoms with E-state index in [2.05, 4.69) is 59.4 Å². The maximum Gasteiger partial charge on any atom is 0.221 e. The summed E-state index contributed by atoms with van der Waals surface area (Å²) in [6.07, 6.45) is 2.43. The topological polar surface area (TPSA) is 34.0 Å². The minimum atomic E-state index is -0.293. The molecule has 1 amide bonds.